The van der Waals surface area contributed by atoms with Crippen LogP contribution in [-0.4, -0.2) is 18.7 Å². The van der Waals surface area contributed by atoms with E-state index in [2.05, 4.69) is 33.4 Å². The summed E-state index contributed by atoms with van der Waals surface area (Å²) in [5, 5.41) is 3.27. The van der Waals surface area contributed by atoms with E-state index in [-0.39, 0.29) is 12.2 Å². The van der Waals surface area contributed by atoms with E-state index in [4.69, 9.17) is 4.74 Å². The number of ether oxygens (including phenoxy) is 1. The van der Waals surface area contributed by atoms with Crippen molar-refractivity contribution in [3.63, 3.8) is 0 Å². The minimum Gasteiger partial charge on any atom is -0.446 e. The smallest absolute Gasteiger partial charge is 0.312 e. The first kappa shape index (κ1) is 14.5. The van der Waals surface area contributed by atoms with Crippen LogP contribution in [0.15, 0.2) is 28.7 Å². The molecule has 0 aromatic heterocycles. The summed E-state index contributed by atoms with van der Waals surface area (Å²) in [4.78, 5) is 11.8. The van der Waals surface area contributed by atoms with Gasteiger partial charge in [-0.05, 0) is 38.5 Å². The Labute approximate surface area is 122 Å². The molecule has 0 saturated carbocycles. The lowest BCUT2D eigenvalue weighted by molar-refractivity contribution is -0.159. The summed E-state index contributed by atoms with van der Waals surface area (Å²) in [5.74, 6) is 0.257. The van der Waals surface area contributed by atoms with E-state index in [1.54, 1.807) is 0 Å². The van der Waals surface area contributed by atoms with Gasteiger partial charge < -0.3 is 4.74 Å². The molecular weight excluding hydrogens is 306 g/mol. The molecule has 1 saturated heterocycles. The maximum absolute atomic E-state index is 11.8. The highest BCUT2D eigenvalue weighted by molar-refractivity contribution is 9.10. The minimum atomic E-state index is -0.447. The molecule has 0 bridgehead atoms. The van der Waals surface area contributed by atoms with Crippen LogP contribution in [0.4, 0.5) is 0 Å². The van der Waals surface area contributed by atoms with E-state index in [0.29, 0.717) is 5.92 Å². The second kappa shape index (κ2) is 5.63. The van der Waals surface area contributed by atoms with Crippen LogP contribution in [0.1, 0.15) is 38.7 Å². The van der Waals surface area contributed by atoms with Crippen molar-refractivity contribution in [2.24, 2.45) is 5.41 Å². The molecule has 1 unspecified atom stereocenters. The Hall–Kier alpha value is -0.870. The topological polar surface area (TPSA) is 38.3 Å². The molecule has 2 rings (SSSR count). The Morgan fingerprint density at radius 2 is 1.95 bits per heavy atom. The Bertz CT molecular complexity index is 450. The van der Waals surface area contributed by atoms with E-state index in [1.165, 1.54) is 5.56 Å². The van der Waals surface area contributed by atoms with Crippen LogP contribution < -0.4 is 5.32 Å². The third-order valence-corrected chi connectivity index (χ3v) is 3.82. The molecule has 0 amide bonds. The van der Waals surface area contributed by atoms with Crippen LogP contribution in [-0.2, 0) is 9.53 Å². The average Bonchev–Trinajstić information content (AvgIpc) is 2.77. The molecule has 2 atom stereocenters. The Kier molecular flexibility index (Phi) is 4.31. The van der Waals surface area contributed by atoms with Gasteiger partial charge in [-0.15, -0.1) is 0 Å². The normalized spacial score (nSPS) is 23.4. The van der Waals surface area contributed by atoms with Gasteiger partial charge in [0.15, 0.2) is 6.23 Å². The number of hydrogen-bond donors (Lipinski definition) is 1. The maximum Gasteiger partial charge on any atom is 0.312 e. The largest absolute Gasteiger partial charge is 0.446 e. The molecule has 0 spiro atoms. The highest BCUT2D eigenvalue weighted by Crippen LogP contribution is 2.28. The first-order chi connectivity index (χ1) is 8.86. The Balaban J connectivity index is 1.93. The molecule has 3 nitrogen and oxygen atoms in total. The van der Waals surface area contributed by atoms with Gasteiger partial charge >= 0.3 is 5.97 Å². The lowest BCUT2D eigenvalue weighted by Gasteiger charge is -2.20. The second-order valence-corrected chi connectivity index (χ2v) is 6.95. The summed E-state index contributed by atoms with van der Waals surface area (Å²) in [7, 11) is 0. The average molecular weight is 326 g/mol. The summed E-state index contributed by atoms with van der Waals surface area (Å²) in [6, 6.07) is 8.32. The van der Waals surface area contributed by atoms with Crippen molar-refractivity contribution in [3.8, 4) is 0 Å². The van der Waals surface area contributed by atoms with Gasteiger partial charge in [-0.3, -0.25) is 10.1 Å². The lowest BCUT2D eigenvalue weighted by Crippen LogP contribution is -2.33. The van der Waals surface area contributed by atoms with Crippen molar-refractivity contribution in [2.75, 3.05) is 6.54 Å². The quantitative estimate of drug-likeness (QED) is 0.846. The minimum absolute atomic E-state index is 0.151. The van der Waals surface area contributed by atoms with Crippen molar-refractivity contribution >= 4 is 21.9 Å². The molecule has 1 aliphatic rings. The molecule has 1 heterocycles. The molecule has 1 aromatic carbocycles. The number of carbonyl (C=O) groups excluding carboxylic acids is 1. The van der Waals surface area contributed by atoms with E-state index in [9.17, 15) is 4.79 Å². The number of rotatable bonds is 2. The van der Waals surface area contributed by atoms with Gasteiger partial charge in [-0.25, -0.2) is 0 Å². The molecule has 1 aromatic rings. The predicted octanol–water partition coefficient (Wildman–Crippen LogP) is 3.44. The van der Waals surface area contributed by atoms with E-state index in [0.717, 1.165) is 17.4 Å². The first-order valence-electron chi connectivity index (χ1n) is 6.56. The fraction of sp³-hybridized carbons (Fsp3) is 0.533. The first-order valence-corrected chi connectivity index (χ1v) is 7.35. The van der Waals surface area contributed by atoms with Crippen molar-refractivity contribution in [3.05, 3.63) is 34.3 Å². The summed E-state index contributed by atoms with van der Waals surface area (Å²) in [6.45, 7) is 6.47. The number of hydrogen-bond acceptors (Lipinski definition) is 3. The molecule has 1 aliphatic heterocycles. The van der Waals surface area contributed by atoms with Crippen molar-refractivity contribution in [1.29, 1.82) is 0 Å². The van der Waals surface area contributed by atoms with E-state index >= 15 is 0 Å². The van der Waals surface area contributed by atoms with Crippen LogP contribution in [0, 0.1) is 5.41 Å². The SMILES string of the molecule is CC(C)(C)C(=O)OC1C[C@@H](c2ccc(Br)cc2)CN1. The zero-order valence-electron chi connectivity index (χ0n) is 11.6. The van der Waals surface area contributed by atoms with Crippen LogP contribution in [0.5, 0.6) is 0 Å². The molecule has 19 heavy (non-hydrogen) atoms. The zero-order valence-corrected chi connectivity index (χ0v) is 13.2. The highest BCUT2D eigenvalue weighted by atomic mass is 79.9. The fourth-order valence-electron chi connectivity index (χ4n) is 2.08. The molecular formula is C15H20BrNO2. The van der Waals surface area contributed by atoms with Crippen molar-refractivity contribution in [1.82, 2.24) is 5.32 Å². The Morgan fingerprint density at radius 1 is 1.32 bits per heavy atom. The number of benzene rings is 1. The number of nitrogens with one attached hydrogen (secondary N) is 1. The molecule has 104 valence electrons. The summed E-state index contributed by atoms with van der Waals surface area (Å²) in [5.41, 5.74) is 0.835. The summed E-state index contributed by atoms with van der Waals surface area (Å²) in [6.07, 6.45) is 0.670. The van der Waals surface area contributed by atoms with Crippen molar-refractivity contribution < 1.29 is 9.53 Å². The maximum atomic E-state index is 11.8. The monoisotopic (exact) mass is 325 g/mol. The van der Waals surface area contributed by atoms with E-state index < -0.39 is 5.41 Å². The van der Waals surface area contributed by atoms with Gasteiger partial charge in [0.05, 0.1) is 5.41 Å². The van der Waals surface area contributed by atoms with Crippen LogP contribution in [0.2, 0.25) is 0 Å². The van der Waals surface area contributed by atoms with Crippen LogP contribution in [0.3, 0.4) is 0 Å². The predicted molar refractivity (Wildman–Crippen MR) is 78.8 cm³/mol. The third kappa shape index (κ3) is 3.80. The van der Waals surface area contributed by atoms with E-state index in [1.807, 2.05) is 32.9 Å². The van der Waals surface area contributed by atoms with Gasteiger partial charge in [0.25, 0.3) is 0 Å². The molecule has 1 fully saturated rings. The van der Waals surface area contributed by atoms with Gasteiger partial charge in [0.1, 0.15) is 0 Å². The van der Waals surface area contributed by atoms with Crippen LogP contribution >= 0.6 is 15.9 Å². The summed E-state index contributed by atoms with van der Waals surface area (Å²) < 4.78 is 6.57. The van der Waals surface area contributed by atoms with Crippen LogP contribution in [0.25, 0.3) is 0 Å². The highest BCUT2D eigenvalue weighted by Gasteiger charge is 2.31. The number of halogens is 1. The molecule has 0 radical (unpaired) electrons. The number of carbonyl (C=O) groups is 1. The Morgan fingerprint density at radius 3 is 2.53 bits per heavy atom. The third-order valence-electron chi connectivity index (χ3n) is 3.29. The molecule has 0 aliphatic carbocycles. The van der Waals surface area contributed by atoms with Gasteiger partial charge in [-0.2, -0.15) is 0 Å². The number of esters is 1. The van der Waals surface area contributed by atoms with Gasteiger partial charge in [0, 0.05) is 23.4 Å². The zero-order chi connectivity index (χ0) is 14.0. The van der Waals surface area contributed by atoms with Gasteiger partial charge in [-0.1, -0.05) is 28.1 Å². The lowest BCUT2D eigenvalue weighted by atomic mass is 9.97. The molecule has 1 N–H and O–H groups in total. The fourth-order valence-corrected chi connectivity index (χ4v) is 2.35. The molecule has 4 heteroatoms. The standard InChI is InChI=1S/C15H20BrNO2/c1-15(2,3)14(18)19-13-8-11(9-17-13)10-4-6-12(16)7-5-10/h4-7,11,13,17H,8-9H2,1-3H3/t11-,13?/m1/s1. The van der Waals surface area contributed by atoms with Gasteiger partial charge in [0.2, 0.25) is 0 Å². The van der Waals surface area contributed by atoms with Crippen molar-refractivity contribution in [2.45, 2.75) is 39.3 Å². The summed E-state index contributed by atoms with van der Waals surface area (Å²) >= 11 is 3.44. The second-order valence-electron chi connectivity index (χ2n) is 6.04.